The number of nitrogens with one attached hydrogen (secondary N) is 1. The molecule has 0 aromatic heterocycles. The zero-order chi connectivity index (χ0) is 14.4. The Morgan fingerprint density at radius 1 is 1.45 bits per heavy atom. The van der Waals surface area contributed by atoms with Gasteiger partial charge >= 0.3 is 0 Å². The van der Waals surface area contributed by atoms with Crippen molar-refractivity contribution in [2.24, 2.45) is 5.73 Å². The van der Waals surface area contributed by atoms with Crippen LogP contribution in [-0.2, 0) is 4.74 Å². The maximum absolute atomic E-state index is 5.90. The average molecular weight is 278 g/mol. The number of ether oxygens (including phenoxy) is 2. The quantitative estimate of drug-likeness (QED) is 0.803. The van der Waals surface area contributed by atoms with E-state index in [9.17, 15) is 0 Å². The van der Waals surface area contributed by atoms with Gasteiger partial charge in [-0.1, -0.05) is 12.1 Å². The molecule has 1 aliphatic rings. The molecule has 2 unspecified atom stereocenters. The monoisotopic (exact) mass is 278 g/mol. The maximum atomic E-state index is 5.90. The van der Waals surface area contributed by atoms with E-state index >= 15 is 0 Å². The second kappa shape index (κ2) is 7.62. The summed E-state index contributed by atoms with van der Waals surface area (Å²) >= 11 is 0. The van der Waals surface area contributed by atoms with Crippen molar-refractivity contribution in [1.82, 2.24) is 5.32 Å². The molecule has 3 N–H and O–H groups in total. The second-order valence-electron chi connectivity index (χ2n) is 5.57. The lowest BCUT2D eigenvalue weighted by atomic mass is 10.1. The Hall–Kier alpha value is -1.10. The van der Waals surface area contributed by atoms with E-state index in [-0.39, 0.29) is 12.1 Å². The van der Waals surface area contributed by atoms with Crippen LogP contribution in [0.3, 0.4) is 0 Å². The van der Waals surface area contributed by atoms with Crippen LogP contribution in [0.25, 0.3) is 0 Å². The van der Waals surface area contributed by atoms with Gasteiger partial charge in [0.25, 0.3) is 0 Å². The SMILES string of the molecule is CC(C)Oc1cccc(C(CN)NCC2CCCO2)c1. The molecule has 1 saturated heterocycles. The molecule has 4 nitrogen and oxygen atoms in total. The molecular weight excluding hydrogens is 252 g/mol. The van der Waals surface area contributed by atoms with Crippen molar-refractivity contribution in [3.8, 4) is 5.75 Å². The molecule has 1 aromatic rings. The summed E-state index contributed by atoms with van der Waals surface area (Å²) in [6.45, 7) is 6.37. The first kappa shape index (κ1) is 15.3. The van der Waals surface area contributed by atoms with Crippen molar-refractivity contribution in [2.75, 3.05) is 19.7 Å². The van der Waals surface area contributed by atoms with E-state index in [0.29, 0.717) is 12.6 Å². The number of hydrogen-bond acceptors (Lipinski definition) is 4. The van der Waals surface area contributed by atoms with Gasteiger partial charge in [0.1, 0.15) is 5.75 Å². The fourth-order valence-electron chi connectivity index (χ4n) is 2.49. The van der Waals surface area contributed by atoms with Crippen molar-refractivity contribution in [1.29, 1.82) is 0 Å². The molecule has 1 aliphatic heterocycles. The van der Waals surface area contributed by atoms with Gasteiger partial charge in [-0.3, -0.25) is 0 Å². The van der Waals surface area contributed by atoms with E-state index in [0.717, 1.165) is 31.7 Å². The molecule has 112 valence electrons. The molecule has 0 saturated carbocycles. The Morgan fingerprint density at radius 3 is 2.95 bits per heavy atom. The topological polar surface area (TPSA) is 56.5 Å². The first-order valence-corrected chi connectivity index (χ1v) is 7.50. The summed E-state index contributed by atoms with van der Waals surface area (Å²) < 4.78 is 11.4. The highest BCUT2D eigenvalue weighted by Crippen LogP contribution is 2.20. The van der Waals surface area contributed by atoms with Crippen LogP contribution in [0.5, 0.6) is 5.75 Å². The van der Waals surface area contributed by atoms with Crippen LogP contribution in [-0.4, -0.2) is 31.9 Å². The van der Waals surface area contributed by atoms with Crippen molar-refractivity contribution in [3.05, 3.63) is 29.8 Å². The van der Waals surface area contributed by atoms with E-state index in [2.05, 4.69) is 17.4 Å². The van der Waals surface area contributed by atoms with E-state index in [1.54, 1.807) is 0 Å². The first-order valence-electron chi connectivity index (χ1n) is 7.50. The first-order chi connectivity index (χ1) is 9.69. The third-order valence-electron chi connectivity index (χ3n) is 3.48. The summed E-state index contributed by atoms with van der Waals surface area (Å²) in [5, 5.41) is 3.50. The summed E-state index contributed by atoms with van der Waals surface area (Å²) in [6.07, 6.45) is 2.82. The average Bonchev–Trinajstić information content (AvgIpc) is 2.92. The highest BCUT2D eigenvalue weighted by molar-refractivity contribution is 5.31. The van der Waals surface area contributed by atoms with Crippen molar-refractivity contribution in [3.63, 3.8) is 0 Å². The molecule has 2 rings (SSSR count). The molecule has 0 radical (unpaired) electrons. The van der Waals surface area contributed by atoms with Crippen LogP contribution in [0.1, 0.15) is 38.3 Å². The van der Waals surface area contributed by atoms with Crippen LogP contribution in [0.4, 0.5) is 0 Å². The largest absolute Gasteiger partial charge is 0.491 e. The third-order valence-corrected chi connectivity index (χ3v) is 3.48. The fourth-order valence-corrected chi connectivity index (χ4v) is 2.49. The van der Waals surface area contributed by atoms with Crippen LogP contribution in [0.2, 0.25) is 0 Å². The Morgan fingerprint density at radius 2 is 2.30 bits per heavy atom. The van der Waals surface area contributed by atoms with Crippen LogP contribution in [0.15, 0.2) is 24.3 Å². The van der Waals surface area contributed by atoms with Gasteiger partial charge in [-0.15, -0.1) is 0 Å². The summed E-state index contributed by atoms with van der Waals surface area (Å²) in [5.41, 5.74) is 7.07. The van der Waals surface area contributed by atoms with Crippen molar-refractivity contribution >= 4 is 0 Å². The minimum atomic E-state index is 0.148. The lowest BCUT2D eigenvalue weighted by molar-refractivity contribution is 0.107. The van der Waals surface area contributed by atoms with Gasteiger partial charge in [0.05, 0.1) is 12.2 Å². The Bertz CT molecular complexity index is 403. The number of benzene rings is 1. The molecule has 20 heavy (non-hydrogen) atoms. The lowest BCUT2D eigenvalue weighted by Crippen LogP contribution is -2.34. The maximum Gasteiger partial charge on any atom is 0.120 e. The van der Waals surface area contributed by atoms with Crippen LogP contribution >= 0.6 is 0 Å². The molecule has 2 atom stereocenters. The molecule has 0 bridgehead atoms. The van der Waals surface area contributed by atoms with Crippen LogP contribution < -0.4 is 15.8 Å². The van der Waals surface area contributed by atoms with E-state index in [1.807, 2.05) is 26.0 Å². The van der Waals surface area contributed by atoms with E-state index in [4.69, 9.17) is 15.2 Å². The summed E-state index contributed by atoms with van der Waals surface area (Å²) in [7, 11) is 0. The predicted octanol–water partition coefficient (Wildman–Crippen LogP) is 2.24. The Balaban J connectivity index is 1.95. The minimum Gasteiger partial charge on any atom is -0.491 e. The Kier molecular flexibility index (Phi) is 5.83. The second-order valence-corrected chi connectivity index (χ2v) is 5.57. The lowest BCUT2D eigenvalue weighted by Gasteiger charge is -2.20. The minimum absolute atomic E-state index is 0.148. The summed E-state index contributed by atoms with van der Waals surface area (Å²) in [5.74, 6) is 0.898. The summed E-state index contributed by atoms with van der Waals surface area (Å²) in [6, 6.07) is 8.31. The smallest absolute Gasteiger partial charge is 0.120 e. The molecule has 0 spiro atoms. The molecule has 0 aliphatic carbocycles. The highest BCUT2D eigenvalue weighted by atomic mass is 16.5. The molecule has 0 amide bonds. The van der Waals surface area contributed by atoms with E-state index < -0.39 is 0 Å². The normalized spacial score (nSPS) is 20.3. The van der Waals surface area contributed by atoms with Gasteiger partial charge in [0.2, 0.25) is 0 Å². The van der Waals surface area contributed by atoms with Gasteiger partial charge in [0, 0.05) is 25.7 Å². The van der Waals surface area contributed by atoms with Gasteiger partial charge in [0.15, 0.2) is 0 Å². The third kappa shape index (κ3) is 4.47. The number of rotatable bonds is 7. The highest BCUT2D eigenvalue weighted by Gasteiger charge is 2.17. The Labute approximate surface area is 121 Å². The van der Waals surface area contributed by atoms with E-state index in [1.165, 1.54) is 5.56 Å². The zero-order valence-electron chi connectivity index (χ0n) is 12.5. The standard InChI is InChI=1S/C16H26N2O2/c1-12(2)20-14-6-3-5-13(9-14)16(10-17)18-11-15-7-4-8-19-15/h3,5-6,9,12,15-16,18H,4,7-8,10-11,17H2,1-2H3. The zero-order valence-corrected chi connectivity index (χ0v) is 12.5. The fraction of sp³-hybridized carbons (Fsp3) is 0.625. The van der Waals surface area contributed by atoms with Gasteiger partial charge in [-0.25, -0.2) is 0 Å². The molecule has 1 heterocycles. The van der Waals surface area contributed by atoms with Gasteiger partial charge in [-0.2, -0.15) is 0 Å². The van der Waals surface area contributed by atoms with Gasteiger partial charge < -0.3 is 20.5 Å². The van der Waals surface area contributed by atoms with Crippen LogP contribution in [0, 0.1) is 0 Å². The predicted molar refractivity (Wildman–Crippen MR) is 81.0 cm³/mol. The number of nitrogens with two attached hydrogens (primary N) is 1. The molecule has 1 aromatic carbocycles. The van der Waals surface area contributed by atoms with Crippen molar-refractivity contribution < 1.29 is 9.47 Å². The van der Waals surface area contributed by atoms with Gasteiger partial charge in [-0.05, 0) is 44.4 Å². The summed E-state index contributed by atoms with van der Waals surface area (Å²) in [4.78, 5) is 0. The molecule has 1 fully saturated rings. The molecular formula is C16H26N2O2. The van der Waals surface area contributed by atoms with Crippen molar-refractivity contribution in [2.45, 2.75) is 44.9 Å². The number of hydrogen-bond donors (Lipinski definition) is 2. The molecule has 4 heteroatoms.